The largest absolute Gasteiger partial charge is 0.378 e. The van der Waals surface area contributed by atoms with E-state index < -0.39 is 0 Å². The van der Waals surface area contributed by atoms with E-state index in [0.717, 1.165) is 39.0 Å². The van der Waals surface area contributed by atoms with E-state index in [9.17, 15) is 4.79 Å². The van der Waals surface area contributed by atoms with Crippen molar-refractivity contribution < 1.29 is 9.53 Å². The highest BCUT2D eigenvalue weighted by atomic mass is 16.5. The van der Waals surface area contributed by atoms with Crippen LogP contribution in [-0.4, -0.2) is 50.3 Å². The Morgan fingerprint density at radius 3 is 2.73 bits per heavy atom. The van der Waals surface area contributed by atoms with Gasteiger partial charge in [-0.3, -0.25) is 0 Å². The first-order valence-corrected chi connectivity index (χ1v) is 5.56. The lowest BCUT2D eigenvalue weighted by Gasteiger charge is -2.31. The summed E-state index contributed by atoms with van der Waals surface area (Å²) in [6.07, 6.45) is 3.07. The van der Waals surface area contributed by atoms with Crippen molar-refractivity contribution in [1.29, 1.82) is 0 Å². The first kappa shape index (κ1) is 12.3. The number of hydrogen-bond acceptors (Lipinski definition) is 3. The zero-order valence-corrected chi connectivity index (χ0v) is 9.37. The fourth-order valence-electron chi connectivity index (χ4n) is 1.72. The Morgan fingerprint density at radius 1 is 1.53 bits per heavy atom. The highest BCUT2D eigenvalue weighted by Crippen LogP contribution is 2.13. The lowest BCUT2D eigenvalue weighted by molar-refractivity contribution is 0.0147. The van der Waals surface area contributed by atoms with Gasteiger partial charge in [-0.05, 0) is 25.8 Å². The molecule has 15 heavy (non-hydrogen) atoms. The third-order valence-corrected chi connectivity index (χ3v) is 2.65. The van der Waals surface area contributed by atoms with Crippen LogP contribution >= 0.6 is 0 Å². The Morgan fingerprint density at radius 2 is 2.20 bits per heavy atom. The number of likely N-dealkylation sites (tertiary alicyclic amines) is 1. The van der Waals surface area contributed by atoms with Crippen LogP contribution in [-0.2, 0) is 4.74 Å². The molecule has 1 aliphatic rings. The molecular weight excluding hydrogens is 194 g/mol. The molecule has 5 nitrogen and oxygen atoms in total. The number of rotatable bonds is 4. The van der Waals surface area contributed by atoms with Crippen molar-refractivity contribution >= 4 is 6.03 Å². The molecular formula is C10H21N3O2. The number of nitrogens with zero attached hydrogens (tertiary/aromatic N) is 1. The fraction of sp³-hybridized carbons (Fsp3) is 0.900. The second-order valence-corrected chi connectivity index (χ2v) is 3.75. The molecule has 2 amide bonds. The summed E-state index contributed by atoms with van der Waals surface area (Å²) >= 11 is 0. The van der Waals surface area contributed by atoms with Gasteiger partial charge < -0.3 is 20.7 Å². The molecule has 88 valence electrons. The van der Waals surface area contributed by atoms with Gasteiger partial charge in [-0.15, -0.1) is 0 Å². The number of hydrogen-bond donors (Lipinski definition) is 2. The SMILES string of the molecule is CNC(=O)N1CCC(OCCCN)CC1. The van der Waals surface area contributed by atoms with Crippen LogP contribution in [0, 0.1) is 0 Å². The summed E-state index contributed by atoms with van der Waals surface area (Å²) in [7, 11) is 1.66. The predicted octanol–water partition coefficient (Wildman–Crippen LogP) is 0.156. The zero-order chi connectivity index (χ0) is 11.1. The first-order valence-electron chi connectivity index (χ1n) is 5.56. The second-order valence-electron chi connectivity index (χ2n) is 3.75. The molecule has 0 saturated carbocycles. The van der Waals surface area contributed by atoms with Gasteiger partial charge in [0.15, 0.2) is 0 Å². The number of carbonyl (C=O) groups is 1. The average molecular weight is 215 g/mol. The number of urea groups is 1. The minimum absolute atomic E-state index is 0.00964. The van der Waals surface area contributed by atoms with Crippen LogP contribution in [0.1, 0.15) is 19.3 Å². The minimum atomic E-state index is 0.00964. The number of carbonyl (C=O) groups excluding carboxylic acids is 1. The Hall–Kier alpha value is -0.810. The summed E-state index contributed by atoms with van der Waals surface area (Å²) in [5, 5.41) is 2.63. The fourth-order valence-corrected chi connectivity index (χ4v) is 1.72. The van der Waals surface area contributed by atoms with E-state index in [1.165, 1.54) is 0 Å². The van der Waals surface area contributed by atoms with Crippen molar-refractivity contribution in [2.75, 3.05) is 33.3 Å². The van der Waals surface area contributed by atoms with E-state index in [-0.39, 0.29) is 6.03 Å². The lowest BCUT2D eigenvalue weighted by Crippen LogP contribution is -2.44. The maximum atomic E-state index is 11.3. The van der Waals surface area contributed by atoms with Gasteiger partial charge in [-0.25, -0.2) is 4.79 Å². The van der Waals surface area contributed by atoms with Gasteiger partial charge in [-0.1, -0.05) is 0 Å². The molecule has 0 atom stereocenters. The first-order chi connectivity index (χ1) is 7.27. The summed E-state index contributed by atoms with van der Waals surface area (Å²) < 4.78 is 5.65. The molecule has 0 bridgehead atoms. The van der Waals surface area contributed by atoms with Crippen molar-refractivity contribution in [2.45, 2.75) is 25.4 Å². The average Bonchev–Trinajstić information content (AvgIpc) is 2.29. The summed E-state index contributed by atoms with van der Waals surface area (Å²) in [5.74, 6) is 0. The van der Waals surface area contributed by atoms with Crippen molar-refractivity contribution in [1.82, 2.24) is 10.2 Å². The summed E-state index contributed by atoms with van der Waals surface area (Å²) in [6, 6.07) is 0.00964. The summed E-state index contributed by atoms with van der Waals surface area (Å²) in [4.78, 5) is 13.1. The molecule has 1 heterocycles. The van der Waals surface area contributed by atoms with Gasteiger partial charge in [0.05, 0.1) is 6.10 Å². The number of piperidine rings is 1. The molecule has 0 aliphatic carbocycles. The molecule has 0 spiro atoms. The molecule has 1 fully saturated rings. The van der Waals surface area contributed by atoms with Gasteiger partial charge in [-0.2, -0.15) is 0 Å². The smallest absolute Gasteiger partial charge is 0.317 e. The predicted molar refractivity (Wildman–Crippen MR) is 58.7 cm³/mol. The van der Waals surface area contributed by atoms with Crippen molar-refractivity contribution in [3.05, 3.63) is 0 Å². The van der Waals surface area contributed by atoms with E-state index in [1.54, 1.807) is 7.05 Å². The number of amides is 2. The summed E-state index contributed by atoms with van der Waals surface area (Å²) in [5.41, 5.74) is 5.38. The van der Waals surface area contributed by atoms with E-state index in [4.69, 9.17) is 10.5 Å². The van der Waals surface area contributed by atoms with E-state index in [0.29, 0.717) is 12.6 Å². The third-order valence-electron chi connectivity index (χ3n) is 2.65. The standard InChI is InChI=1S/C10H21N3O2/c1-12-10(14)13-6-3-9(4-7-13)15-8-2-5-11/h9H,2-8,11H2,1H3,(H,12,14). The highest BCUT2D eigenvalue weighted by Gasteiger charge is 2.21. The van der Waals surface area contributed by atoms with Crippen LogP contribution in [0.3, 0.4) is 0 Å². The quantitative estimate of drug-likeness (QED) is 0.656. The van der Waals surface area contributed by atoms with Crippen molar-refractivity contribution in [3.63, 3.8) is 0 Å². The second kappa shape index (κ2) is 6.63. The van der Waals surface area contributed by atoms with E-state index >= 15 is 0 Å². The molecule has 0 aromatic carbocycles. The van der Waals surface area contributed by atoms with E-state index in [1.807, 2.05) is 4.90 Å². The highest BCUT2D eigenvalue weighted by molar-refractivity contribution is 5.73. The van der Waals surface area contributed by atoms with Crippen LogP contribution in [0.2, 0.25) is 0 Å². The lowest BCUT2D eigenvalue weighted by atomic mass is 10.1. The molecule has 0 radical (unpaired) electrons. The van der Waals surface area contributed by atoms with Crippen LogP contribution in [0.15, 0.2) is 0 Å². The topological polar surface area (TPSA) is 67.6 Å². The van der Waals surface area contributed by atoms with Gasteiger partial charge in [0.1, 0.15) is 0 Å². The van der Waals surface area contributed by atoms with Gasteiger partial charge in [0.25, 0.3) is 0 Å². The van der Waals surface area contributed by atoms with Crippen molar-refractivity contribution in [3.8, 4) is 0 Å². The Bertz CT molecular complexity index is 191. The van der Waals surface area contributed by atoms with Gasteiger partial charge in [0, 0.05) is 26.7 Å². The van der Waals surface area contributed by atoms with Crippen LogP contribution < -0.4 is 11.1 Å². The molecule has 3 N–H and O–H groups in total. The Labute approximate surface area is 90.9 Å². The van der Waals surface area contributed by atoms with Crippen LogP contribution in [0.5, 0.6) is 0 Å². The molecule has 1 rings (SSSR count). The van der Waals surface area contributed by atoms with Crippen molar-refractivity contribution in [2.24, 2.45) is 5.73 Å². The summed E-state index contributed by atoms with van der Waals surface area (Å²) in [6.45, 7) is 2.98. The van der Waals surface area contributed by atoms with Crippen LogP contribution in [0.25, 0.3) is 0 Å². The Kier molecular flexibility index (Phi) is 5.42. The van der Waals surface area contributed by atoms with Gasteiger partial charge >= 0.3 is 6.03 Å². The van der Waals surface area contributed by atoms with E-state index in [2.05, 4.69) is 5.32 Å². The minimum Gasteiger partial charge on any atom is -0.378 e. The molecule has 1 aliphatic heterocycles. The number of nitrogens with one attached hydrogen (secondary N) is 1. The van der Waals surface area contributed by atoms with Crippen LogP contribution in [0.4, 0.5) is 4.79 Å². The molecule has 1 saturated heterocycles. The number of ether oxygens (including phenoxy) is 1. The monoisotopic (exact) mass is 215 g/mol. The molecule has 0 aromatic heterocycles. The van der Waals surface area contributed by atoms with Gasteiger partial charge in [0.2, 0.25) is 0 Å². The maximum absolute atomic E-state index is 11.3. The maximum Gasteiger partial charge on any atom is 0.317 e. The number of nitrogens with two attached hydrogens (primary N) is 1. The molecule has 0 unspecified atom stereocenters. The molecule has 5 heteroatoms. The molecule has 0 aromatic rings. The Balaban J connectivity index is 2.15. The third kappa shape index (κ3) is 4.05. The normalized spacial score (nSPS) is 17.9. The zero-order valence-electron chi connectivity index (χ0n) is 9.37.